The zero-order valence-corrected chi connectivity index (χ0v) is 11.7. The molecule has 2 rings (SSSR count). The number of thiazole rings is 1. The summed E-state index contributed by atoms with van der Waals surface area (Å²) in [5.41, 5.74) is 3.50. The van der Waals surface area contributed by atoms with E-state index in [1.807, 2.05) is 12.3 Å². The highest BCUT2D eigenvalue weighted by atomic mass is 35.5. The van der Waals surface area contributed by atoms with E-state index in [1.165, 1.54) is 11.3 Å². The molecule has 0 aliphatic heterocycles. The van der Waals surface area contributed by atoms with Crippen LogP contribution in [0.25, 0.3) is 0 Å². The van der Waals surface area contributed by atoms with Gasteiger partial charge in [0.05, 0.1) is 16.1 Å². The second kappa shape index (κ2) is 5.92. The van der Waals surface area contributed by atoms with Crippen LogP contribution in [0.15, 0.2) is 17.5 Å². The number of hydrazine groups is 1. The van der Waals surface area contributed by atoms with Crippen molar-refractivity contribution in [1.82, 2.24) is 10.4 Å². The quantitative estimate of drug-likeness (QED) is 0.518. The number of nitrogens with zero attached hydrogens (tertiary/aromatic N) is 1. The van der Waals surface area contributed by atoms with Crippen molar-refractivity contribution in [3.05, 3.63) is 50.4 Å². The Balaban J connectivity index is 2.29. The molecule has 0 spiro atoms. The minimum absolute atomic E-state index is 0.136. The predicted molar refractivity (Wildman–Crippen MR) is 72.0 cm³/mol. The third-order valence-electron chi connectivity index (χ3n) is 2.66. The van der Waals surface area contributed by atoms with Crippen molar-refractivity contribution >= 4 is 22.9 Å². The third kappa shape index (κ3) is 3.27. The number of aryl methyl sites for hydroxylation is 1. The summed E-state index contributed by atoms with van der Waals surface area (Å²) in [6, 6.07) is 1.45. The normalized spacial score (nSPS) is 12.7. The first-order valence-corrected chi connectivity index (χ1v) is 6.78. The Morgan fingerprint density at radius 2 is 2.16 bits per heavy atom. The lowest BCUT2D eigenvalue weighted by atomic mass is 10.0. The van der Waals surface area contributed by atoms with E-state index >= 15 is 0 Å². The lowest BCUT2D eigenvalue weighted by molar-refractivity contribution is 0.502. The van der Waals surface area contributed by atoms with Crippen molar-refractivity contribution in [2.75, 3.05) is 0 Å². The molecule has 3 N–H and O–H groups in total. The number of halogens is 3. The van der Waals surface area contributed by atoms with Crippen molar-refractivity contribution in [3.8, 4) is 0 Å². The van der Waals surface area contributed by atoms with Gasteiger partial charge in [0.25, 0.3) is 0 Å². The van der Waals surface area contributed by atoms with Crippen molar-refractivity contribution in [1.29, 1.82) is 0 Å². The fraction of sp³-hybridized carbons (Fsp3) is 0.250. The predicted octanol–water partition coefficient (Wildman–Crippen LogP) is 3.13. The SMILES string of the molecule is Cc1csc(CC(NN)c2cc(F)c(Cl)cc2F)n1. The number of nitrogens with one attached hydrogen (secondary N) is 1. The van der Waals surface area contributed by atoms with Gasteiger partial charge in [-0.25, -0.2) is 13.8 Å². The number of hydrogen-bond donors (Lipinski definition) is 2. The van der Waals surface area contributed by atoms with Crippen molar-refractivity contribution in [2.24, 2.45) is 5.84 Å². The van der Waals surface area contributed by atoms with Crippen LogP contribution >= 0.6 is 22.9 Å². The van der Waals surface area contributed by atoms with Gasteiger partial charge in [-0.1, -0.05) is 11.6 Å². The summed E-state index contributed by atoms with van der Waals surface area (Å²) >= 11 is 6.97. The molecule has 3 nitrogen and oxygen atoms in total. The maximum Gasteiger partial charge on any atom is 0.142 e. The number of nitrogens with two attached hydrogens (primary N) is 1. The second-order valence-electron chi connectivity index (χ2n) is 4.09. The Morgan fingerprint density at radius 3 is 2.74 bits per heavy atom. The van der Waals surface area contributed by atoms with Gasteiger partial charge in [-0.2, -0.15) is 0 Å². The van der Waals surface area contributed by atoms with Crippen LogP contribution in [-0.2, 0) is 6.42 Å². The molecule has 0 bridgehead atoms. The molecule has 1 aromatic carbocycles. The molecule has 1 aromatic heterocycles. The van der Waals surface area contributed by atoms with Gasteiger partial charge >= 0.3 is 0 Å². The van der Waals surface area contributed by atoms with Crippen LogP contribution in [0.3, 0.4) is 0 Å². The van der Waals surface area contributed by atoms with Crippen molar-refractivity contribution < 1.29 is 8.78 Å². The molecule has 1 heterocycles. The molecule has 0 saturated heterocycles. The third-order valence-corrected chi connectivity index (χ3v) is 3.94. The summed E-state index contributed by atoms with van der Waals surface area (Å²) in [6.07, 6.45) is 0.382. The molecule has 1 atom stereocenters. The largest absolute Gasteiger partial charge is 0.271 e. The fourth-order valence-corrected chi connectivity index (χ4v) is 2.70. The van der Waals surface area contributed by atoms with E-state index in [-0.39, 0.29) is 10.6 Å². The molecule has 0 amide bonds. The maximum atomic E-state index is 13.8. The van der Waals surface area contributed by atoms with Gasteiger partial charge in [0.1, 0.15) is 11.6 Å². The summed E-state index contributed by atoms with van der Waals surface area (Å²) in [4.78, 5) is 4.27. The average Bonchev–Trinajstić information content (AvgIpc) is 2.77. The molecule has 0 fully saturated rings. The van der Waals surface area contributed by atoms with Crippen LogP contribution in [0, 0.1) is 18.6 Å². The summed E-state index contributed by atoms with van der Waals surface area (Å²) < 4.78 is 27.2. The van der Waals surface area contributed by atoms with E-state index in [0.717, 1.165) is 22.8 Å². The van der Waals surface area contributed by atoms with E-state index < -0.39 is 17.7 Å². The molecule has 7 heteroatoms. The maximum absolute atomic E-state index is 13.8. The van der Waals surface area contributed by atoms with E-state index in [1.54, 1.807) is 0 Å². The average molecular weight is 304 g/mol. The Labute approximate surface area is 118 Å². The molecule has 0 radical (unpaired) electrons. The molecule has 102 valence electrons. The molecule has 1 unspecified atom stereocenters. The second-order valence-corrected chi connectivity index (χ2v) is 5.44. The summed E-state index contributed by atoms with van der Waals surface area (Å²) in [7, 11) is 0. The Morgan fingerprint density at radius 1 is 1.42 bits per heavy atom. The topological polar surface area (TPSA) is 50.9 Å². The molecule has 2 aromatic rings. The van der Waals surface area contributed by atoms with E-state index in [2.05, 4.69) is 10.4 Å². The van der Waals surface area contributed by atoms with Gasteiger partial charge in [-0.3, -0.25) is 11.3 Å². The Kier molecular flexibility index (Phi) is 4.46. The number of rotatable bonds is 4. The van der Waals surface area contributed by atoms with Gasteiger partial charge in [0.15, 0.2) is 0 Å². The number of aromatic nitrogens is 1. The van der Waals surface area contributed by atoms with E-state index in [0.29, 0.717) is 6.42 Å². The molecule has 0 aliphatic carbocycles. The van der Waals surface area contributed by atoms with Crippen molar-refractivity contribution in [3.63, 3.8) is 0 Å². The molecular formula is C12H12ClF2N3S. The monoisotopic (exact) mass is 303 g/mol. The summed E-state index contributed by atoms with van der Waals surface area (Å²) in [5.74, 6) is 4.15. The number of benzene rings is 1. The first kappa shape index (κ1) is 14.3. The Bertz CT molecular complexity index is 588. The standard InChI is InChI=1S/C12H12ClF2N3S/c1-6-5-19-12(17-6)4-11(18-16)7-2-10(15)8(13)3-9(7)14/h2-3,5,11,18H,4,16H2,1H3. The van der Waals surface area contributed by atoms with Crippen LogP contribution in [0.2, 0.25) is 5.02 Å². The first-order chi connectivity index (χ1) is 9.01. The zero-order chi connectivity index (χ0) is 14.0. The summed E-state index contributed by atoms with van der Waals surface area (Å²) in [5, 5.41) is 2.44. The highest BCUT2D eigenvalue weighted by Crippen LogP contribution is 2.26. The molecule has 19 heavy (non-hydrogen) atoms. The van der Waals surface area contributed by atoms with Crippen molar-refractivity contribution in [2.45, 2.75) is 19.4 Å². The van der Waals surface area contributed by atoms with Crippen LogP contribution < -0.4 is 11.3 Å². The smallest absolute Gasteiger partial charge is 0.142 e. The lowest BCUT2D eigenvalue weighted by Gasteiger charge is -2.16. The summed E-state index contributed by atoms with van der Waals surface area (Å²) in [6.45, 7) is 1.87. The van der Waals surface area contributed by atoms with E-state index in [4.69, 9.17) is 17.4 Å². The van der Waals surface area contributed by atoms with Gasteiger partial charge in [-0.15, -0.1) is 11.3 Å². The minimum Gasteiger partial charge on any atom is -0.271 e. The number of hydrogen-bond acceptors (Lipinski definition) is 4. The van der Waals surface area contributed by atoms with E-state index in [9.17, 15) is 8.78 Å². The molecule has 0 aliphatic rings. The van der Waals surface area contributed by atoms with Gasteiger partial charge in [0, 0.05) is 23.1 Å². The van der Waals surface area contributed by atoms with Crippen LogP contribution in [0.4, 0.5) is 8.78 Å². The van der Waals surface area contributed by atoms with Gasteiger partial charge < -0.3 is 0 Å². The first-order valence-electron chi connectivity index (χ1n) is 5.53. The molecule has 0 saturated carbocycles. The van der Waals surface area contributed by atoms with Crippen LogP contribution in [0.1, 0.15) is 22.3 Å². The highest BCUT2D eigenvalue weighted by molar-refractivity contribution is 7.09. The Hall–Kier alpha value is -1.08. The van der Waals surface area contributed by atoms with Crippen LogP contribution in [-0.4, -0.2) is 4.98 Å². The molecular weight excluding hydrogens is 292 g/mol. The highest BCUT2D eigenvalue weighted by Gasteiger charge is 2.19. The van der Waals surface area contributed by atoms with Crippen LogP contribution in [0.5, 0.6) is 0 Å². The lowest BCUT2D eigenvalue weighted by Crippen LogP contribution is -2.30. The zero-order valence-electron chi connectivity index (χ0n) is 10.1. The van der Waals surface area contributed by atoms with Gasteiger partial charge in [-0.05, 0) is 19.1 Å². The van der Waals surface area contributed by atoms with Gasteiger partial charge in [0.2, 0.25) is 0 Å². The minimum atomic E-state index is -0.673. The fourth-order valence-electron chi connectivity index (χ4n) is 1.73.